The van der Waals surface area contributed by atoms with E-state index in [9.17, 15) is 4.79 Å². The van der Waals surface area contributed by atoms with E-state index in [4.69, 9.17) is 4.74 Å². The molecule has 21 heavy (non-hydrogen) atoms. The van der Waals surface area contributed by atoms with Gasteiger partial charge in [-0.2, -0.15) is 0 Å². The van der Waals surface area contributed by atoms with Gasteiger partial charge in [0.25, 0.3) is 0 Å². The molecule has 0 saturated carbocycles. The Morgan fingerprint density at radius 1 is 1.33 bits per heavy atom. The Bertz CT molecular complexity index is 636. The van der Waals surface area contributed by atoms with Gasteiger partial charge in [0.05, 0.1) is 24.6 Å². The fourth-order valence-electron chi connectivity index (χ4n) is 2.96. The molecule has 0 aliphatic carbocycles. The van der Waals surface area contributed by atoms with Crippen LogP contribution in [0.2, 0.25) is 0 Å². The number of benzene rings is 1. The standard InChI is InChI=1S/C17H20N2O2/c1-2-18-16-11-21-10-14(16)17(20)9-12-7-8-19-15-6-4-3-5-13(12)15/h3-8,14,16,18H,2,9-11H2,1H3. The number of pyridine rings is 1. The highest BCUT2D eigenvalue weighted by Crippen LogP contribution is 2.21. The van der Waals surface area contributed by atoms with Gasteiger partial charge in [-0.05, 0) is 24.2 Å². The molecule has 2 unspecified atom stereocenters. The minimum absolute atomic E-state index is 0.0446. The lowest BCUT2D eigenvalue weighted by Crippen LogP contribution is -2.39. The van der Waals surface area contributed by atoms with Crippen LogP contribution in [-0.2, 0) is 16.0 Å². The zero-order chi connectivity index (χ0) is 14.7. The van der Waals surface area contributed by atoms with Crippen molar-refractivity contribution in [2.75, 3.05) is 19.8 Å². The van der Waals surface area contributed by atoms with Gasteiger partial charge in [0.1, 0.15) is 5.78 Å². The molecule has 0 radical (unpaired) electrons. The second-order valence-electron chi connectivity index (χ2n) is 5.44. The number of hydrogen-bond acceptors (Lipinski definition) is 4. The molecule has 0 amide bonds. The number of ketones is 1. The van der Waals surface area contributed by atoms with Crippen molar-refractivity contribution < 1.29 is 9.53 Å². The van der Waals surface area contributed by atoms with Gasteiger partial charge in [0.15, 0.2) is 0 Å². The molecule has 1 aromatic heterocycles. The molecule has 1 aliphatic rings. The van der Waals surface area contributed by atoms with Crippen LogP contribution in [-0.4, -0.2) is 36.6 Å². The summed E-state index contributed by atoms with van der Waals surface area (Å²) in [5.41, 5.74) is 1.99. The van der Waals surface area contributed by atoms with E-state index in [-0.39, 0.29) is 17.7 Å². The van der Waals surface area contributed by atoms with Crippen LogP contribution >= 0.6 is 0 Å². The molecule has 4 heteroatoms. The molecule has 3 rings (SSSR count). The van der Waals surface area contributed by atoms with Crippen LogP contribution in [0.15, 0.2) is 36.5 Å². The number of para-hydroxylation sites is 1. The first-order valence-electron chi connectivity index (χ1n) is 7.46. The summed E-state index contributed by atoms with van der Waals surface area (Å²) < 4.78 is 5.47. The zero-order valence-electron chi connectivity index (χ0n) is 12.2. The van der Waals surface area contributed by atoms with Crippen molar-refractivity contribution in [2.24, 2.45) is 5.92 Å². The lowest BCUT2D eigenvalue weighted by atomic mass is 9.92. The lowest BCUT2D eigenvalue weighted by molar-refractivity contribution is -0.122. The monoisotopic (exact) mass is 284 g/mol. The molecule has 2 aromatic rings. The molecule has 2 atom stereocenters. The molecule has 0 spiro atoms. The Labute approximate surface area is 124 Å². The first kappa shape index (κ1) is 14.2. The molecule has 1 N–H and O–H groups in total. The first-order chi connectivity index (χ1) is 10.3. The van der Waals surface area contributed by atoms with Crippen molar-refractivity contribution in [1.29, 1.82) is 0 Å². The van der Waals surface area contributed by atoms with Gasteiger partial charge < -0.3 is 10.1 Å². The summed E-state index contributed by atoms with van der Waals surface area (Å²) in [5.74, 6) is 0.201. The normalized spacial score (nSPS) is 21.8. The molecule has 0 bridgehead atoms. The molecule has 1 aliphatic heterocycles. The number of Topliss-reactive ketones (excluding diaryl/α,β-unsaturated/α-hetero) is 1. The van der Waals surface area contributed by atoms with Crippen LogP contribution in [0.3, 0.4) is 0 Å². The summed E-state index contributed by atoms with van der Waals surface area (Å²) in [6.45, 7) is 4.06. The minimum Gasteiger partial charge on any atom is -0.379 e. The van der Waals surface area contributed by atoms with Crippen molar-refractivity contribution in [3.05, 3.63) is 42.1 Å². The summed E-state index contributed by atoms with van der Waals surface area (Å²) in [7, 11) is 0. The van der Waals surface area contributed by atoms with Crippen LogP contribution < -0.4 is 5.32 Å². The smallest absolute Gasteiger partial charge is 0.144 e. The van der Waals surface area contributed by atoms with E-state index < -0.39 is 0 Å². The maximum Gasteiger partial charge on any atom is 0.144 e. The maximum absolute atomic E-state index is 12.6. The molecule has 1 aromatic carbocycles. The Kier molecular flexibility index (Phi) is 4.27. The van der Waals surface area contributed by atoms with Crippen molar-refractivity contribution in [1.82, 2.24) is 10.3 Å². The van der Waals surface area contributed by atoms with E-state index in [0.29, 0.717) is 19.6 Å². The van der Waals surface area contributed by atoms with Crippen LogP contribution in [0.4, 0.5) is 0 Å². The van der Waals surface area contributed by atoms with Crippen LogP contribution in [0.5, 0.6) is 0 Å². The Morgan fingerprint density at radius 2 is 2.19 bits per heavy atom. The highest BCUT2D eigenvalue weighted by Gasteiger charge is 2.33. The topological polar surface area (TPSA) is 51.2 Å². The van der Waals surface area contributed by atoms with E-state index in [0.717, 1.165) is 23.0 Å². The van der Waals surface area contributed by atoms with Crippen molar-refractivity contribution >= 4 is 16.7 Å². The van der Waals surface area contributed by atoms with Gasteiger partial charge in [-0.3, -0.25) is 9.78 Å². The number of hydrogen-bond donors (Lipinski definition) is 1. The number of carbonyl (C=O) groups excluding carboxylic acids is 1. The Hall–Kier alpha value is -1.78. The fraction of sp³-hybridized carbons (Fsp3) is 0.412. The molecule has 110 valence electrons. The zero-order valence-corrected chi connectivity index (χ0v) is 12.2. The number of likely N-dealkylation sites (N-methyl/N-ethyl adjacent to an activating group) is 1. The highest BCUT2D eigenvalue weighted by molar-refractivity contribution is 5.90. The second kappa shape index (κ2) is 6.33. The molecule has 2 heterocycles. The van der Waals surface area contributed by atoms with E-state index in [1.807, 2.05) is 30.3 Å². The second-order valence-corrected chi connectivity index (χ2v) is 5.44. The van der Waals surface area contributed by atoms with Gasteiger partial charge in [-0.15, -0.1) is 0 Å². The summed E-state index contributed by atoms with van der Waals surface area (Å²) in [5, 5.41) is 4.40. The molecular weight excluding hydrogens is 264 g/mol. The Morgan fingerprint density at radius 3 is 3.05 bits per heavy atom. The van der Waals surface area contributed by atoms with Gasteiger partial charge in [0, 0.05) is 24.0 Å². The number of aromatic nitrogens is 1. The number of nitrogens with zero attached hydrogens (tertiary/aromatic N) is 1. The van der Waals surface area contributed by atoms with Gasteiger partial charge in [-0.1, -0.05) is 25.1 Å². The largest absolute Gasteiger partial charge is 0.379 e. The van der Waals surface area contributed by atoms with E-state index >= 15 is 0 Å². The maximum atomic E-state index is 12.6. The van der Waals surface area contributed by atoms with Gasteiger partial charge in [-0.25, -0.2) is 0 Å². The lowest BCUT2D eigenvalue weighted by Gasteiger charge is -2.17. The average molecular weight is 284 g/mol. The molecular formula is C17H20N2O2. The molecule has 4 nitrogen and oxygen atoms in total. The van der Waals surface area contributed by atoms with Crippen molar-refractivity contribution in [3.8, 4) is 0 Å². The first-order valence-corrected chi connectivity index (χ1v) is 7.46. The third-order valence-corrected chi connectivity index (χ3v) is 4.06. The Balaban J connectivity index is 1.80. The van der Waals surface area contributed by atoms with Crippen LogP contribution in [0.1, 0.15) is 12.5 Å². The van der Waals surface area contributed by atoms with Crippen molar-refractivity contribution in [3.63, 3.8) is 0 Å². The van der Waals surface area contributed by atoms with Crippen molar-refractivity contribution in [2.45, 2.75) is 19.4 Å². The van der Waals surface area contributed by atoms with E-state index in [1.165, 1.54) is 0 Å². The SMILES string of the molecule is CCNC1COCC1C(=O)Cc1ccnc2ccccc12. The minimum atomic E-state index is -0.0446. The number of nitrogens with one attached hydrogen (secondary N) is 1. The summed E-state index contributed by atoms with van der Waals surface area (Å²) in [4.78, 5) is 16.9. The predicted molar refractivity (Wildman–Crippen MR) is 82.2 cm³/mol. The van der Waals surface area contributed by atoms with Gasteiger partial charge >= 0.3 is 0 Å². The van der Waals surface area contributed by atoms with Crippen LogP contribution in [0.25, 0.3) is 10.9 Å². The van der Waals surface area contributed by atoms with Crippen LogP contribution in [0, 0.1) is 5.92 Å². The summed E-state index contributed by atoms with van der Waals surface area (Å²) >= 11 is 0. The summed E-state index contributed by atoms with van der Waals surface area (Å²) in [6.07, 6.45) is 2.22. The van der Waals surface area contributed by atoms with Gasteiger partial charge in [0.2, 0.25) is 0 Å². The molecule has 1 saturated heterocycles. The number of rotatable bonds is 5. The van der Waals surface area contributed by atoms with E-state index in [1.54, 1.807) is 6.20 Å². The quantitative estimate of drug-likeness (QED) is 0.912. The summed E-state index contributed by atoms with van der Waals surface area (Å²) in [6, 6.07) is 10.0. The fourth-order valence-corrected chi connectivity index (χ4v) is 2.96. The third-order valence-electron chi connectivity index (χ3n) is 4.06. The van der Waals surface area contributed by atoms with E-state index in [2.05, 4.69) is 17.2 Å². The number of fused-ring (bicyclic) bond motifs is 1. The molecule has 1 fully saturated rings. The average Bonchev–Trinajstić information content (AvgIpc) is 2.96. The third kappa shape index (κ3) is 2.96. The highest BCUT2D eigenvalue weighted by atomic mass is 16.5. The predicted octanol–water partition coefficient (Wildman–Crippen LogP) is 1.97. The number of carbonyl (C=O) groups is 1. The number of ether oxygens (including phenoxy) is 1.